The van der Waals surface area contributed by atoms with Crippen LogP contribution in [0.3, 0.4) is 0 Å². The van der Waals surface area contributed by atoms with Gasteiger partial charge in [-0.05, 0) is 42.7 Å². The Morgan fingerprint density at radius 2 is 1.79 bits per heavy atom. The van der Waals surface area contributed by atoms with Gasteiger partial charge in [-0.1, -0.05) is 6.92 Å². The van der Waals surface area contributed by atoms with Crippen LogP contribution in [0.4, 0.5) is 4.79 Å². The molecule has 1 N–H and O–H groups in total. The molecule has 0 bridgehead atoms. The third kappa shape index (κ3) is 4.28. The molecule has 0 spiro atoms. The van der Waals surface area contributed by atoms with Gasteiger partial charge in [0.2, 0.25) is 0 Å². The van der Waals surface area contributed by atoms with Crippen LogP contribution in [0.5, 0.6) is 5.75 Å². The molecule has 104 valence electrons. The van der Waals surface area contributed by atoms with E-state index in [1.807, 2.05) is 26.0 Å². The summed E-state index contributed by atoms with van der Waals surface area (Å²) in [6, 6.07) is 3.68. The Kier molecular flexibility index (Phi) is 5.36. The zero-order valence-electron chi connectivity index (χ0n) is 11.7. The van der Waals surface area contributed by atoms with E-state index in [4.69, 9.17) is 9.47 Å². The van der Waals surface area contributed by atoms with E-state index < -0.39 is 6.09 Å². The molecule has 0 atom stereocenters. The van der Waals surface area contributed by atoms with Gasteiger partial charge in [-0.3, -0.25) is 4.79 Å². The van der Waals surface area contributed by atoms with Crippen LogP contribution < -0.4 is 10.1 Å². The van der Waals surface area contributed by atoms with Crippen molar-refractivity contribution in [3.05, 3.63) is 28.8 Å². The van der Waals surface area contributed by atoms with Crippen LogP contribution in [0.2, 0.25) is 0 Å². The molecule has 0 saturated carbocycles. The number of benzene rings is 1. The monoisotopic (exact) mass is 265 g/mol. The highest BCUT2D eigenvalue weighted by Gasteiger charge is 2.11. The molecule has 1 rings (SSSR count). The lowest BCUT2D eigenvalue weighted by atomic mass is 10.1. The highest BCUT2D eigenvalue weighted by Crippen LogP contribution is 2.25. The third-order valence-electron chi connectivity index (χ3n) is 2.60. The van der Waals surface area contributed by atoms with Gasteiger partial charge in [0.1, 0.15) is 12.4 Å². The topological polar surface area (TPSA) is 64.6 Å². The SMILES string of the molecule is CCC(=O)Oc1c(C)cc(COC(=O)NC)cc1C. The molecule has 19 heavy (non-hydrogen) atoms. The fourth-order valence-electron chi connectivity index (χ4n) is 1.69. The first-order valence-corrected chi connectivity index (χ1v) is 6.13. The van der Waals surface area contributed by atoms with Gasteiger partial charge in [0, 0.05) is 13.5 Å². The summed E-state index contributed by atoms with van der Waals surface area (Å²) in [6.07, 6.45) is -0.141. The van der Waals surface area contributed by atoms with Gasteiger partial charge in [0.15, 0.2) is 0 Å². The number of carbonyl (C=O) groups is 2. The Morgan fingerprint density at radius 3 is 2.26 bits per heavy atom. The number of nitrogens with one attached hydrogen (secondary N) is 1. The lowest BCUT2D eigenvalue weighted by Gasteiger charge is -2.12. The summed E-state index contributed by atoms with van der Waals surface area (Å²) in [4.78, 5) is 22.3. The third-order valence-corrected chi connectivity index (χ3v) is 2.60. The van der Waals surface area contributed by atoms with E-state index in [0.717, 1.165) is 16.7 Å². The molecular weight excluding hydrogens is 246 g/mol. The van der Waals surface area contributed by atoms with Gasteiger partial charge < -0.3 is 14.8 Å². The van der Waals surface area contributed by atoms with Crippen LogP contribution >= 0.6 is 0 Å². The number of esters is 1. The van der Waals surface area contributed by atoms with Crippen molar-refractivity contribution in [1.82, 2.24) is 5.32 Å². The standard InChI is InChI=1S/C14H19NO4/c1-5-12(16)19-13-9(2)6-11(7-10(13)3)8-18-14(17)15-4/h6-7H,5,8H2,1-4H3,(H,15,17). The molecule has 0 fully saturated rings. The number of alkyl carbamates (subject to hydrolysis) is 1. The molecule has 0 heterocycles. The quantitative estimate of drug-likeness (QED) is 0.671. The maximum absolute atomic E-state index is 11.3. The first kappa shape index (κ1) is 15.0. The Labute approximate surface area is 112 Å². The second-order valence-electron chi connectivity index (χ2n) is 4.21. The highest BCUT2D eigenvalue weighted by atomic mass is 16.5. The van der Waals surface area contributed by atoms with Crippen molar-refractivity contribution in [2.24, 2.45) is 0 Å². The van der Waals surface area contributed by atoms with Gasteiger partial charge in [-0.25, -0.2) is 4.79 Å². The van der Waals surface area contributed by atoms with Gasteiger partial charge in [0.05, 0.1) is 0 Å². The molecule has 0 aromatic heterocycles. The fraction of sp³-hybridized carbons (Fsp3) is 0.429. The molecule has 1 aromatic rings. The zero-order chi connectivity index (χ0) is 14.4. The van der Waals surface area contributed by atoms with Gasteiger partial charge in [-0.15, -0.1) is 0 Å². The molecule has 0 radical (unpaired) electrons. The first-order valence-electron chi connectivity index (χ1n) is 6.13. The second kappa shape index (κ2) is 6.78. The summed E-state index contributed by atoms with van der Waals surface area (Å²) in [5, 5.41) is 2.38. The van der Waals surface area contributed by atoms with E-state index >= 15 is 0 Å². The number of rotatable bonds is 4. The van der Waals surface area contributed by atoms with Crippen molar-refractivity contribution in [1.29, 1.82) is 0 Å². The Balaban J connectivity index is 2.84. The van der Waals surface area contributed by atoms with E-state index in [9.17, 15) is 9.59 Å². The first-order chi connectivity index (χ1) is 8.97. The normalized spacial score (nSPS) is 9.89. The molecule has 0 aliphatic rings. The minimum absolute atomic E-state index is 0.184. The average molecular weight is 265 g/mol. The molecule has 5 heteroatoms. The van der Waals surface area contributed by atoms with Gasteiger partial charge in [0.25, 0.3) is 0 Å². The minimum atomic E-state index is -0.475. The molecule has 0 aliphatic carbocycles. The summed E-state index contributed by atoms with van der Waals surface area (Å²) in [7, 11) is 1.51. The number of aryl methyl sites for hydroxylation is 2. The van der Waals surface area contributed by atoms with Crippen LogP contribution in [0.1, 0.15) is 30.0 Å². The second-order valence-corrected chi connectivity index (χ2v) is 4.21. The highest BCUT2D eigenvalue weighted by molar-refractivity contribution is 5.73. The summed E-state index contributed by atoms with van der Waals surface area (Å²) < 4.78 is 10.2. The van der Waals surface area contributed by atoms with E-state index in [-0.39, 0.29) is 12.6 Å². The van der Waals surface area contributed by atoms with Gasteiger partial charge >= 0.3 is 12.1 Å². The van der Waals surface area contributed by atoms with E-state index in [1.54, 1.807) is 6.92 Å². The van der Waals surface area contributed by atoms with Crippen LogP contribution in [-0.4, -0.2) is 19.1 Å². The number of carbonyl (C=O) groups excluding carboxylic acids is 2. The molecule has 0 saturated heterocycles. The largest absolute Gasteiger partial charge is 0.445 e. The van der Waals surface area contributed by atoms with Crippen molar-refractivity contribution in [2.45, 2.75) is 33.8 Å². The van der Waals surface area contributed by atoms with E-state index in [0.29, 0.717) is 12.2 Å². The lowest BCUT2D eigenvalue weighted by molar-refractivity contribution is -0.134. The molecular formula is C14H19NO4. The van der Waals surface area contributed by atoms with Crippen molar-refractivity contribution in [2.75, 3.05) is 7.05 Å². The maximum Gasteiger partial charge on any atom is 0.407 e. The zero-order valence-corrected chi connectivity index (χ0v) is 11.7. The number of hydrogen-bond donors (Lipinski definition) is 1. The smallest absolute Gasteiger partial charge is 0.407 e. The lowest BCUT2D eigenvalue weighted by Crippen LogP contribution is -2.19. The maximum atomic E-state index is 11.3. The summed E-state index contributed by atoms with van der Waals surface area (Å²) in [5.74, 6) is 0.316. The summed E-state index contributed by atoms with van der Waals surface area (Å²) in [6.45, 7) is 5.64. The van der Waals surface area contributed by atoms with Gasteiger partial charge in [-0.2, -0.15) is 0 Å². The Bertz CT molecular complexity index is 459. The number of hydrogen-bond acceptors (Lipinski definition) is 4. The Hall–Kier alpha value is -2.04. The predicted molar refractivity (Wildman–Crippen MR) is 71.1 cm³/mol. The molecule has 1 amide bonds. The molecule has 5 nitrogen and oxygen atoms in total. The molecule has 0 unspecified atom stereocenters. The van der Waals surface area contributed by atoms with Crippen molar-refractivity contribution >= 4 is 12.1 Å². The van der Waals surface area contributed by atoms with Crippen molar-refractivity contribution < 1.29 is 19.1 Å². The minimum Gasteiger partial charge on any atom is -0.445 e. The van der Waals surface area contributed by atoms with Crippen LogP contribution in [0, 0.1) is 13.8 Å². The van der Waals surface area contributed by atoms with Crippen molar-refractivity contribution in [3.63, 3.8) is 0 Å². The van der Waals surface area contributed by atoms with E-state index in [2.05, 4.69) is 5.32 Å². The Morgan fingerprint density at radius 1 is 1.21 bits per heavy atom. The van der Waals surface area contributed by atoms with Crippen LogP contribution in [0.25, 0.3) is 0 Å². The predicted octanol–water partition coefficient (Wildman–Crippen LogP) is 2.47. The number of amides is 1. The van der Waals surface area contributed by atoms with Crippen LogP contribution in [-0.2, 0) is 16.1 Å². The molecule has 0 aliphatic heterocycles. The average Bonchev–Trinajstić information content (AvgIpc) is 2.39. The molecule has 1 aromatic carbocycles. The number of ether oxygens (including phenoxy) is 2. The fourth-order valence-corrected chi connectivity index (χ4v) is 1.69. The van der Waals surface area contributed by atoms with E-state index in [1.165, 1.54) is 7.05 Å². The van der Waals surface area contributed by atoms with Crippen molar-refractivity contribution in [3.8, 4) is 5.75 Å². The summed E-state index contributed by atoms with van der Waals surface area (Å²) >= 11 is 0. The van der Waals surface area contributed by atoms with Crippen LogP contribution in [0.15, 0.2) is 12.1 Å². The summed E-state index contributed by atoms with van der Waals surface area (Å²) in [5.41, 5.74) is 2.55.